The number of carbonyl (C=O) groups is 1. The summed E-state index contributed by atoms with van der Waals surface area (Å²) in [6.45, 7) is 2.77. The first-order valence-corrected chi connectivity index (χ1v) is 8.54. The van der Waals surface area contributed by atoms with Crippen LogP contribution in [-0.2, 0) is 9.53 Å². The Morgan fingerprint density at radius 1 is 1.08 bits per heavy atom. The molecule has 1 aromatic carbocycles. The lowest BCUT2D eigenvalue weighted by molar-refractivity contribution is -0.143. The molecule has 0 amide bonds. The number of hydrogen-bond acceptors (Lipinski definition) is 6. The lowest BCUT2D eigenvalue weighted by atomic mass is 10.2. The molecule has 0 saturated heterocycles. The Hall–Kier alpha value is -2.50. The van der Waals surface area contributed by atoms with Crippen LogP contribution in [0.4, 0.5) is 0 Å². The second-order valence-corrected chi connectivity index (χ2v) is 5.63. The molecule has 2 rings (SSSR count). The monoisotopic (exact) mass is 348 g/mol. The number of fused-ring (bicyclic) bond motifs is 1. The van der Waals surface area contributed by atoms with Gasteiger partial charge in [0.1, 0.15) is 17.1 Å². The summed E-state index contributed by atoms with van der Waals surface area (Å²) in [5.74, 6) is 0.983. The van der Waals surface area contributed by atoms with Gasteiger partial charge in [-0.25, -0.2) is 4.79 Å². The van der Waals surface area contributed by atoms with Gasteiger partial charge in [-0.2, -0.15) is 0 Å². The largest absolute Gasteiger partial charge is 0.497 e. The highest BCUT2D eigenvalue weighted by molar-refractivity contribution is 5.84. The molecule has 0 saturated carbocycles. The van der Waals surface area contributed by atoms with Gasteiger partial charge in [0.25, 0.3) is 0 Å². The first-order valence-electron chi connectivity index (χ1n) is 8.54. The minimum Gasteiger partial charge on any atom is -0.497 e. The molecule has 0 fully saturated rings. The van der Waals surface area contributed by atoms with Gasteiger partial charge in [0.2, 0.25) is 0 Å². The predicted molar refractivity (Wildman–Crippen MR) is 94.2 cm³/mol. The van der Waals surface area contributed by atoms with Gasteiger partial charge in [0.05, 0.1) is 31.8 Å². The van der Waals surface area contributed by atoms with E-state index in [9.17, 15) is 9.59 Å². The molecule has 0 unspecified atom stereocenters. The Labute approximate surface area is 146 Å². The van der Waals surface area contributed by atoms with Crippen LogP contribution in [0.25, 0.3) is 11.0 Å². The maximum absolute atomic E-state index is 11.7. The molecule has 0 radical (unpaired) electrons. The number of benzene rings is 1. The van der Waals surface area contributed by atoms with Crippen LogP contribution in [0, 0.1) is 0 Å². The summed E-state index contributed by atoms with van der Waals surface area (Å²) >= 11 is 0. The van der Waals surface area contributed by atoms with Crippen molar-refractivity contribution in [3.8, 4) is 11.5 Å². The Morgan fingerprint density at radius 2 is 1.84 bits per heavy atom. The molecule has 0 aliphatic rings. The zero-order valence-corrected chi connectivity index (χ0v) is 14.7. The van der Waals surface area contributed by atoms with Gasteiger partial charge in [-0.05, 0) is 37.8 Å². The quantitative estimate of drug-likeness (QED) is 0.370. The van der Waals surface area contributed by atoms with Crippen molar-refractivity contribution < 1.29 is 23.4 Å². The van der Waals surface area contributed by atoms with Gasteiger partial charge < -0.3 is 18.6 Å². The van der Waals surface area contributed by atoms with E-state index in [1.807, 2.05) is 6.07 Å². The smallest absolute Gasteiger partial charge is 0.339 e. The van der Waals surface area contributed by atoms with Crippen molar-refractivity contribution in [2.45, 2.75) is 39.0 Å². The van der Waals surface area contributed by atoms with E-state index in [1.165, 1.54) is 6.07 Å². The number of methoxy groups -OCH3 is 1. The van der Waals surface area contributed by atoms with Crippen LogP contribution >= 0.6 is 0 Å². The summed E-state index contributed by atoms with van der Waals surface area (Å²) in [4.78, 5) is 22.7. The SMILES string of the molecule is CCC(=O)OCCCCCCOc1cc(=O)oc2cc(OC)ccc12. The van der Waals surface area contributed by atoms with E-state index in [-0.39, 0.29) is 5.97 Å². The molecule has 25 heavy (non-hydrogen) atoms. The number of unbranched alkanes of at least 4 members (excludes halogenated alkanes) is 3. The van der Waals surface area contributed by atoms with Crippen molar-refractivity contribution >= 4 is 16.9 Å². The summed E-state index contributed by atoms with van der Waals surface area (Å²) in [6.07, 6.45) is 4.06. The number of hydrogen-bond donors (Lipinski definition) is 0. The average molecular weight is 348 g/mol. The molecule has 0 N–H and O–H groups in total. The van der Waals surface area contributed by atoms with Gasteiger partial charge in [-0.3, -0.25) is 4.79 Å². The molecule has 6 heteroatoms. The van der Waals surface area contributed by atoms with Gasteiger partial charge in [0, 0.05) is 12.5 Å². The summed E-state index contributed by atoms with van der Waals surface area (Å²) in [7, 11) is 1.56. The van der Waals surface area contributed by atoms with Crippen LogP contribution in [0.1, 0.15) is 39.0 Å². The molecule has 0 spiro atoms. The lowest BCUT2D eigenvalue weighted by Gasteiger charge is -2.09. The van der Waals surface area contributed by atoms with Gasteiger partial charge in [-0.15, -0.1) is 0 Å². The van der Waals surface area contributed by atoms with Crippen molar-refractivity contribution in [3.63, 3.8) is 0 Å². The third kappa shape index (κ3) is 5.81. The van der Waals surface area contributed by atoms with Crippen LogP contribution in [0.5, 0.6) is 11.5 Å². The minimum absolute atomic E-state index is 0.158. The molecule has 0 aliphatic heterocycles. The maximum Gasteiger partial charge on any atom is 0.339 e. The van der Waals surface area contributed by atoms with Crippen LogP contribution < -0.4 is 15.1 Å². The molecule has 1 aromatic heterocycles. The molecule has 2 aromatic rings. The highest BCUT2D eigenvalue weighted by Gasteiger charge is 2.08. The molecule has 0 aliphatic carbocycles. The highest BCUT2D eigenvalue weighted by atomic mass is 16.5. The topological polar surface area (TPSA) is 75.0 Å². The molecule has 6 nitrogen and oxygen atoms in total. The molecular weight excluding hydrogens is 324 g/mol. The minimum atomic E-state index is -0.450. The fraction of sp³-hybridized carbons (Fsp3) is 0.474. The third-order valence-electron chi connectivity index (χ3n) is 3.76. The average Bonchev–Trinajstić information content (AvgIpc) is 2.62. The lowest BCUT2D eigenvalue weighted by Crippen LogP contribution is -2.05. The van der Waals surface area contributed by atoms with Gasteiger partial charge >= 0.3 is 11.6 Å². The third-order valence-corrected chi connectivity index (χ3v) is 3.76. The highest BCUT2D eigenvalue weighted by Crippen LogP contribution is 2.27. The van der Waals surface area contributed by atoms with Crippen LogP contribution in [0.15, 0.2) is 33.5 Å². The fourth-order valence-corrected chi connectivity index (χ4v) is 2.39. The fourth-order valence-electron chi connectivity index (χ4n) is 2.39. The standard InChI is InChI=1S/C19H24O6/c1-3-18(20)24-11-7-5-4-6-10-23-16-13-19(21)25-17-12-14(22-2)8-9-15(16)17/h8-9,12-13H,3-7,10-11H2,1-2H3. The molecule has 136 valence electrons. The van der Waals surface area contributed by atoms with E-state index in [4.69, 9.17) is 18.6 Å². The maximum atomic E-state index is 11.7. The van der Waals surface area contributed by atoms with Crippen molar-refractivity contribution in [2.24, 2.45) is 0 Å². The number of rotatable bonds is 10. The van der Waals surface area contributed by atoms with E-state index in [1.54, 1.807) is 26.2 Å². The Morgan fingerprint density at radius 3 is 2.56 bits per heavy atom. The van der Waals surface area contributed by atoms with Crippen molar-refractivity contribution in [1.82, 2.24) is 0 Å². The van der Waals surface area contributed by atoms with Crippen molar-refractivity contribution in [1.29, 1.82) is 0 Å². The second-order valence-electron chi connectivity index (χ2n) is 5.63. The van der Waals surface area contributed by atoms with Crippen molar-refractivity contribution in [2.75, 3.05) is 20.3 Å². The zero-order valence-electron chi connectivity index (χ0n) is 14.7. The van der Waals surface area contributed by atoms with E-state index < -0.39 is 5.63 Å². The predicted octanol–water partition coefficient (Wildman–Crippen LogP) is 3.69. The second kappa shape index (κ2) is 9.71. The summed E-state index contributed by atoms with van der Waals surface area (Å²) < 4.78 is 21.1. The summed E-state index contributed by atoms with van der Waals surface area (Å²) in [5, 5.41) is 0.742. The van der Waals surface area contributed by atoms with Gasteiger partial charge in [-0.1, -0.05) is 6.92 Å². The van der Waals surface area contributed by atoms with Crippen LogP contribution in [0.3, 0.4) is 0 Å². The Balaban J connectivity index is 1.79. The van der Waals surface area contributed by atoms with E-state index in [0.717, 1.165) is 31.1 Å². The Kier molecular flexibility index (Phi) is 7.32. The molecule has 1 heterocycles. The normalized spacial score (nSPS) is 10.6. The number of carbonyl (C=O) groups excluding carboxylic acids is 1. The van der Waals surface area contributed by atoms with Crippen molar-refractivity contribution in [3.05, 3.63) is 34.7 Å². The zero-order chi connectivity index (χ0) is 18.1. The van der Waals surface area contributed by atoms with Crippen LogP contribution in [-0.4, -0.2) is 26.3 Å². The number of ether oxygens (including phenoxy) is 3. The summed E-state index contributed by atoms with van der Waals surface area (Å²) in [6, 6.07) is 6.64. The van der Waals surface area contributed by atoms with Gasteiger partial charge in [0.15, 0.2) is 0 Å². The van der Waals surface area contributed by atoms with E-state index in [0.29, 0.717) is 36.7 Å². The molecule has 0 bridgehead atoms. The molecule has 0 atom stereocenters. The number of esters is 1. The first kappa shape index (κ1) is 18.8. The first-order chi connectivity index (χ1) is 12.1. The van der Waals surface area contributed by atoms with E-state index >= 15 is 0 Å². The molecular formula is C19H24O6. The van der Waals surface area contributed by atoms with Crippen LogP contribution in [0.2, 0.25) is 0 Å². The van der Waals surface area contributed by atoms with E-state index in [2.05, 4.69) is 0 Å². The Bertz CT molecular complexity index is 749. The summed E-state index contributed by atoms with van der Waals surface area (Å²) in [5.41, 5.74) is -0.00640.